The largest absolute Gasteiger partial charge is 0.397 e. The van der Waals surface area contributed by atoms with Crippen LogP contribution in [0.3, 0.4) is 0 Å². The van der Waals surface area contributed by atoms with Gasteiger partial charge in [0.05, 0.1) is 11.4 Å². The first kappa shape index (κ1) is 19.6. The fourth-order valence-electron chi connectivity index (χ4n) is 4.56. The monoisotopic (exact) mass is 415 g/mol. The Hall–Kier alpha value is -1.68. The Morgan fingerprint density at radius 1 is 1.04 bits per heavy atom. The average molecular weight is 416 g/mol. The highest BCUT2D eigenvalue weighted by Gasteiger charge is 2.25. The maximum Gasteiger partial charge on any atom is 0.0675 e. The van der Waals surface area contributed by atoms with Crippen molar-refractivity contribution in [3.63, 3.8) is 0 Å². The third-order valence-electron chi connectivity index (χ3n) is 6.00. The lowest BCUT2D eigenvalue weighted by Gasteiger charge is -2.38. The van der Waals surface area contributed by atoms with Gasteiger partial charge < -0.3 is 10.6 Å². The normalized spacial score (nSPS) is 18.1. The molecule has 3 nitrogen and oxygen atoms in total. The summed E-state index contributed by atoms with van der Waals surface area (Å²) in [5.74, 6) is 0.621. The summed E-state index contributed by atoms with van der Waals surface area (Å²) in [5, 5.41) is 1.52. The van der Waals surface area contributed by atoms with Crippen LogP contribution in [0.25, 0.3) is 0 Å². The van der Waals surface area contributed by atoms with E-state index in [1.807, 2.05) is 24.3 Å². The van der Waals surface area contributed by atoms with Crippen molar-refractivity contribution in [2.45, 2.75) is 31.6 Å². The zero-order chi connectivity index (χ0) is 19.7. The van der Waals surface area contributed by atoms with Crippen LogP contribution < -0.4 is 10.6 Å². The second-order valence-electron chi connectivity index (χ2n) is 7.93. The highest BCUT2D eigenvalue weighted by Crippen LogP contribution is 2.37. The van der Waals surface area contributed by atoms with Crippen LogP contribution in [-0.4, -0.2) is 31.1 Å². The molecule has 1 fully saturated rings. The molecule has 2 aromatic carbocycles. The third kappa shape index (κ3) is 4.17. The van der Waals surface area contributed by atoms with E-state index < -0.39 is 0 Å². The van der Waals surface area contributed by atoms with E-state index >= 15 is 0 Å². The lowest BCUT2D eigenvalue weighted by atomic mass is 9.89. The summed E-state index contributed by atoms with van der Waals surface area (Å²) < 4.78 is 0. The van der Waals surface area contributed by atoms with Crippen molar-refractivity contribution in [3.05, 3.63) is 69.8 Å². The van der Waals surface area contributed by atoms with Gasteiger partial charge in [0.1, 0.15) is 0 Å². The summed E-state index contributed by atoms with van der Waals surface area (Å²) in [6.07, 6.45) is 4.47. The molecule has 1 saturated heterocycles. The first-order valence-corrected chi connectivity index (χ1v) is 10.8. The van der Waals surface area contributed by atoms with Gasteiger partial charge in [-0.2, -0.15) is 0 Å². The van der Waals surface area contributed by atoms with E-state index in [-0.39, 0.29) is 0 Å². The topological polar surface area (TPSA) is 32.5 Å². The van der Waals surface area contributed by atoms with Crippen molar-refractivity contribution < 1.29 is 0 Å². The second kappa shape index (κ2) is 8.36. The highest BCUT2D eigenvalue weighted by atomic mass is 35.5. The van der Waals surface area contributed by atoms with Crippen molar-refractivity contribution in [3.8, 4) is 0 Å². The van der Waals surface area contributed by atoms with E-state index in [1.165, 1.54) is 24.0 Å². The Morgan fingerprint density at radius 3 is 2.46 bits per heavy atom. The van der Waals surface area contributed by atoms with Gasteiger partial charge in [0.15, 0.2) is 0 Å². The van der Waals surface area contributed by atoms with Gasteiger partial charge in [-0.25, -0.2) is 0 Å². The fourth-order valence-corrected chi connectivity index (χ4v) is 4.93. The number of aryl methyl sites for hydroxylation is 1. The molecule has 0 amide bonds. The van der Waals surface area contributed by atoms with Crippen molar-refractivity contribution in [1.82, 2.24) is 4.90 Å². The Morgan fingerprint density at radius 2 is 1.75 bits per heavy atom. The van der Waals surface area contributed by atoms with Crippen LogP contribution in [0.1, 0.15) is 36.3 Å². The van der Waals surface area contributed by atoms with Crippen LogP contribution in [0, 0.1) is 0 Å². The molecular weight excluding hydrogens is 389 g/mol. The number of halogens is 2. The molecule has 0 unspecified atom stereocenters. The maximum atomic E-state index is 6.31. The minimum Gasteiger partial charge on any atom is -0.397 e. The van der Waals surface area contributed by atoms with E-state index in [2.05, 4.69) is 28.5 Å². The number of nitrogens with two attached hydrogens (primary N) is 1. The predicted octanol–water partition coefficient (Wildman–Crippen LogP) is 5.72. The van der Waals surface area contributed by atoms with Gasteiger partial charge in [0, 0.05) is 28.8 Å². The Bertz CT molecular complexity index is 855. The first-order valence-electron chi connectivity index (χ1n) is 10.0. The van der Waals surface area contributed by atoms with Crippen LogP contribution in [0.4, 0.5) is 11.4 Å². The van der Waals surface area contributed by atoms with Crippen molar-refractivity contribution >= 4 is 34.6 Å². The molecule has 28 heavy (non-hydrogen) atoms. The summed E-state index contributed by atoms with van der Waals surface area (Å²) in [5.41, 5.74) is 11.9. The molecule has 2 N–H and O–H groups in total. The fraction of sp³-hybridized carbons (Fsp3) is 0.391. The van der Waals surface area contributed by atoms with Gasteiger partial charge in [0.25, 0.3) is 0 Å². The Labute approximate surface area is 177 Å². The molecule has 0 atom stereocenters. The number of fused-ring (bicyclic) bond motifs is 1. The van der Waals surface area contributed by atoms with Crippen molar-refractivity contribution in [2.24, 2.45) is 0 Å². The van der Waals surface area contributed by atoms with Crippen LogP contribution in [0.5, 0.6) is 0 Å². The first-order chi connectivity index (χ1) is 13.5. The van der Waals surface area contributed by atoms with Gasteiger partial charge in [0.2, 0.25) is 0 Å². The van der Waals surface area contributed by atoms with Gasteiger partial charge in [-0.3, -0.25) is 4.90 Å². The number of likely N-dealkylation sites (tertiary alicyclic amines) is 1. The number of rotatable bonds is 4. The average Bonchev–Trinajstić information content (AvgIpc) is 2.68. The lowest BCUT2D eigenvalue weighted by molar-refractivity contribution is 0.227. The standard InChI is InChI=1S/C23H27Cl2N3/c1-16(28-10-2-3-19-13-21(25)14-22(26)23(19)28)15-27-11-8-18(9-12-27)17-4-6-20(24)7-5-17/h4-7,13-14,18H,1-3,8-12,15,26H2. The van der Waals surface area contributed by atoms with Crippen molar-refractivity contribution in [1.29, 1.82) is 0 Å². The number of anilines is 2. The zero-order valence-corrected chi connectivity index (χ0v) is 17.6. The molecule has 0 bridgehead atoms. The molecule has 148 valence electrons. The van der Waals surface area contributed by atoms with E-state index in [0.29, 0.717) is 10.9 Å². The van der Waals surface area contributed by atoms with Crippen molar-refractivity contribution in [2.75, 3.05) is 36.8 Å². The molecule has 0 aromatic heterocycles. The lowest BCUT2D eigenvalue weighted by Crippen LogP contribution is -2.39. The number of hydrogen-bond donors (Lipinski definition) is 1. The zero-order valence-electron chi connectivity index (χ0n) is 16.1. The summed E-state index contributed by atoms with van der Waals surface area (Å²) >= 11 is 12.2. The predicted molar refractivity (Wildman–Crippen MR) is 121 cm³/mol. The Balaban J connectivity index is 1.39. The van der Waals surface area contributed by atoms with Crippen LogP contribution in [0.15, 0.2) is 48.7 Å². The molecule has 2 aromatic rings. The molecule has 4 rings (SSSR count). The SMILES string of the molecule is C=C(CN1CCC(c2ccc(Cl)cc2)CC1)N1CCCc2cc(Cl)cc(N)c21. The minimum absolute atomic E-state index is 0.621. The van der Waals surface area contributed by atoms with E-state index in [9.17, 15) is 0 Å². The molecule has 2 heterocycles. The van der Waals surface area contributed by atoms with Gasteiger partial charge >= 0.3 is 0 Å². The van der Waals surface area contributed by atoms with E-state index in [4.69, 9.17) is 28.9 Å². The number of hydrogen-bond acceptors (Lipinski definition) is 3. The molecule has 2 aliphatic rings. The minimum atomic E-state index is 0.621. The third-order valence-corrected chi connectivity index (χ3v) is 6.47. The van der Waals surface area contributed by atoms with Crippen LogP contribution in [-0.2, 0) is 6.42 Å². The molecule has 0 spiro atoms. The molecule has 0 saturated carbocycles. The quantitative estimate of drug-likeness (QED) is 0.647. The maximum absolute atomic E-state index is 6.31. The highest BCUT2D eigenvalue weighted by molar-refractivity contribution is 6.31. The Kier molecular flexibility index (Phi) is 5.86. The number of nitrogen functional groups attached to an aromatic ring is 1. The second-order valence-corrected chi connectivity index (χ2v) is 8.80. The summed E-state index contributed by atoms with van der Waals surface area (Å²) in [7, 11) is 0. The van der Waals surface area contributed by atoms with Crippen LogP contribution >= 0.6 is 23.2 Å². The van der Waals surface area contributed by atoms with Gasteiger partial charge in [-0.05, 0) is 80.1 Å². The smallest absolute Gasteiger partial charge is 0.0675 e. The molecule has 0 aliphatic carbocycles. The van der Waals surface area contributed by atoms with Gasteiger partial charge in [-0.1, -0.05) is 41.9 Å². The number of benzene rings is 2. The van der Waals surface area contributed by atoms with Gasteiger partial charge in [-0.15, -0.1) is 0 Å². The summed E-state index contributed by atoms with van der Waals surface area (Å²) in [6.45, 7) is 8.43. The summed E-state index contributed by atoms with van der Waals surface area (Å²) in [6, 6.07) is 12.2. The van der Waals surface area contributed by atoms with E-state index in [0.717, 1.165) is 61.1 Å². The summed E-state index contributed by atoms with van der Waals surface area (Å²) in [4.78, 5) is 4.81. The van der Waals surface area contributed by atoms with E-state index in [1.54, 1.807) is 0 Å². The van der Waals surface area contributed by atoms with Crippen LogP contribution in [0.2, 0.25) is 10.0 Å². The number of piperidine rings is 1. The molecule has 2 aliphatic heterocycles. The molecule has 0 radical (unpaired) electrons. The molecule has 5 heteroatoms. The molecular formula is C23H27Cl2N3. The number of nitrogens with zero attached hydrogens (tertiary/aromatic N) is 2.